The van der Waals surface area contributed by atoms with Crippen molar-refractivity contribution in [3.63, 3.8) is 0 Å². The Morgan fingerprint density at radius 3 is 2.53 bits per heavy atom. The van der Waals surface area contributed by atoms with Crippen LogP contribution in [0.5, 0.6) is 0 Å². The van der Waals surface area contributed by atoms with E-state index in [1.807, 2.05) is 6.92 Å². The molecule has 19 heavy (non-hydrogen) atoms. The zero-order chi connectivity index (χ0) is 14.3. The summed E-state index contributed by atoms with van der Waals surface area (Å²) in [4.78, 5) is 2.29. The van der Waals surface area contributed by atoms with Crippen molar-refractivity contribution in [1.82, 2.24) is 5.32 Å². The first-order valence-corrected chi connectivity index (χ1v) is 7.10. The van der Waals surface area contributed by atoms with E-state index >= 15 is 0 Å². The second kappa shape index (κ2) is 7.81. The molecule has 0 bridgehead atoms. The third kappa shape index (κ3) is 4.25. The van der Waals surface area contributed by atoms with Crippen molar-refractivity contribution in [1.29, 1.82) is 5.26 Å². The van der Waals surface area contributed by atoms with Crippen LogP contribution in [0.2, 0.25) is 0 Å². The van der Waals surface area contributed by atoms with Crippen molar-refractivity contribution in [2.45, 2.75) is 33.7 Å². The summed E-state index contributed by atoms with van der Waals surface area (Å²) < 4.78 is 0. The normalized spacial score (nSPS) is 13.6. The smallest absolute Gasteiger partial charge is 0.0671 e. The van der Waals surface area contributed by atoms with Crippen molar-refractivity contribution < 1.29 is 0 Å². The highest BCUT2D eigenvalue weighted by Gasteiger charge is 2.15. The molecule has 0 spiro atoms. The molecular formula is C16H25N3. The average Bonchev–Trinajstić information content (AvgIpc) is 2.44. The Kier molecular flexibility index (Phi) is 6.38. The lowest BCUT2D eigenvalue weighted by Gasteiger charge is -2.28. The summed E-state index contributed by atoms with van der Waals surface area (Å²) in [6.07, 6.45) is 0. The van der Waals surface area contributed by atoms with Crippen LogP contribution >= 0.6 is 0 Å². The van der Waals surface area contributed by atoms with Gasteiger partial charge in [0.25, 0.3) is 0 Å². The number of rotatable bonds is 7. The third-order valence-corrected chi connectivity index (χ3v) is 3.35. The Labute approximate surface area is 117 Å². The Balaban J connectivity index is 3.00. The van der Waals surface area contributed by atoms with Crippen LogP contribution < -0.4 is 10.2 Å². The van der Waals surface area contributed by atoms with Gasteiger partial charge in [0.2, 0.25) is 0 Å². The van der Waals surface area contributed by atoms with Gasteiger partial charge in [0, 0.05) is 24.8 Å². The molecule has 0 saturated carbocycles. The highest BCUT2D eigenvalue weighted by molar-refractivity contribution is 5.55. The highest BCUT2D eigenvalue weighted by Crippen LogP contribution is 2.26. The second-order valence-corrected chi connectivity index (χ2v) is 4.91. The summed E-state index contributed by atoms with van der Waals surface area (Å²) >= 11 is 0. The van der Waals surface area contributed by atoms with Crippen molar-refractivity contribution in [2.75, 3.05) is 24.5 Å². The minimum atomic E-state index is 0.0439. The van der Waals surface area contributed by atoms with Crippen LogP contribution in [0.3, 0.4) is 0 Å². The molecule has 0 aliphatic heterocycles. The number of hydrogen-bond acceptors (Lipinski definition) is 3. The van der Waals surface area contributed by atoms with Gasteiger partial charge in [-0.1, -0.05) is 25.1 Å². The topological polar surface area (TPSA) is 39.1 Å². The van der Waals surface area contributed by atoms with Gasteiger partial charge in [-0.25, -0.2) is 0 Å². The van der Waals surface area contributed by atoms with Crippen molar-refractivity contribution >= 4 is 5.69 Å². The number of benzene rings is 1. The van der Waals surface area contributed by atoms with Gasteiger partial charge >= 0.3 is 0 Å². The van der Waals surface area contributed by atoms with E-state index in [9.17, 15) is 0 Å². The minimum absolute atomic E-state index is 0.0439. The Bertz CT molecular complexity index is 422. The van der Waals surface area contributed by atoms with Crippen molar-refractivity contribution in [3.05, 3.63) is 29.8 Å². The van der Waals surface area contributed by atoms with Gasteiger partial charge in [-0.05, 0) is 38.9 Å². The predicted octanol–water partition coefficient (Wildman–Crippen LogP) is 3.34. The molecule has 0 heterocycles. The lowest BCUT2D eigenvalue weighted by Crippen LogP contribution is -2.30. The maximum Gasteiger partial charge on any atom is 0.0671 e. The molecule has 2 unspecified atom stereocenters. The highest BCUT2D eigenvalue weighted by atomic mass is 15.1. The van der Waals surface area contributed by atoms with Gasteiger partial charge in [0.05, 0.1) is 12.0 Å². The molecule has 1 aromatic rings. The molecule has 1 rings (SSSR count). The molecule has 0 aliphatic carbocycles. The minimum Gasteiger partial charge on any atom is -0.370 e. The first-order chi connectivity index (χ1) is 9.13. The number of nitrogens with one attached hydrogen (secondary N) is 1. The molecule has 3 heteroatoms. The lowest BCUT2D eigenvalue weighted by atomic mass is 10.0. The molecular weight excluding hydrogens is 234 g/mol. The first kappa shape index (κ1) is 15.5. The monoisotopic (exact) mass is 259 g/mol. The van der Waals surface area contributed by atoms with Crippen molar-refractivity contribution in [3.8, 4) is 6.07 Å². The van der Waals surface area contributed by atoms with Gasteiger partial charge in [0.15, 0.2) is 0 Å². The third-order valence-electron chi connectivity index (χ3n) is 3.35. The van der Waals surface area contributed by atoms with E-state index < -0.39 is 0 Å². The van der Waals surface area contributed by atoms with Crippen LogP contribution in [0.1, 0.15) is 39.3 Å². The summed E-state index contributed by atoms with van der Waals surface area (Å²) in [7, 11) is 0. The maximum absolute atomic E-state index is 9.00. The number of nitrogens with zero attached hydrogens (tertiary/aromatic N) is 2. The summed E-state index contributed by atoms with van der Waals surface area (Å²) in [6.45, 7) is 11.1. The number of para-hydroxylation sites is 1. The largest absolute Gasteiger partial charge is 0.370 e. The fraction of sp³-hybridized carbons (Fsp3) is 0.562. The molecule has 0 fully saturated rings. The van der Waals surface area contributed by atoms with Gasteiger partial charge < -0.3 is 10.2 Å². The fourth-order valence-corrected chi connectivity index (χ4v) is 2.33. The van der Waals surface area contributed by atoms with E-state index in [-0.39, 0.29) is 5.92 Å². The van der Waals surface area contributed by atoms with Crippen LogP contribution in [0.15, 0.2) is 24.3 Å². The quantitative estimate of drug-likeness (QED) is 0.816. The van der Waals surface area contributed by atoms with E-state index in [0.29, 0.717) is 6.04 Å². The van der Waals surface area contributed by atoms with E-state index in [4.69, 9.17) is 5.26 Å². The van der Waals surface area contributed by atoms with Gasteiger partial charge in [0.1, 0.15) is 0 Å². The summed E-state index contributed by atoms with van der Waals surface area (Å²) in [6, 6.07) is 11.1. The van der Waals surface area contributed by atoms with E-state index in [2.05, 4.69) is 61.3 Å². The lowest BCUT2D eigenvalue weighted by molar-refractivity contribution is 0.593. The Morgan fingerprint density at radius 2 is 1.95 bits per heavy atom. The molecule has 104 valence electrons. The summed E-state index contributed by atoms with van der Waals surface area (Å²) in [5.74, 6) is 0.0439. The average molecular weight is 259 g/mol. The van der Waals surface area contributed by atoms with E-state index in [0.717, 1.165) is 19.6 Å². The fourth-order valence-electron chi connectivity index (χ4n) is 2.33. The number of hydrogen-bond donors (Lipinski definition) is 1. The zero-order valence-electron chi connectivity index (χ0n) is 12.5. The predicted molar refractivity (Wildman–Crippen MR) is 81.2 cm³/mol. The molecule has 0 amide bonds. The van der Waals surface area contributed by atoms with Gasteiger partial charge in [-0.3, -0.25) is 0 Å². The zero-order valence-corrected chi connectivity index (χ0v) is 12.5. The molecule has 1 aromatic carbocycles. The van der Waals surface area contributed by atoms with E-state index in [1.165, 1.54) is 11.3 Å². The standard InChI is InChI=1S/C16H25N3/c1-5-18-14(4)15-9-7-8-10-16(15)19(6-2)12-13(3)11-17/h7-10,13-14,18H,5-6,12H2,1-4H3. The summed E-state index contributed by atoms with van der Waals surface area (Å²) in [5, 5.41) is 12.5. The molecule has 2 atom stereocenters. The van der Waals surface area contributed by atoms with Crippen LogP contribution in [-0.4, -0.2) is 19.6 Å². The number of nitriles is 1. The maximum atomic E-state index is 9.00. The molecule has 0 radical (unpaired) electrons. The van der Waals surface area contributed by atoms with Gasteiger partial charge in [-0.2, -0.15) is 5.26 Å². The van der Waals surface area contributed by atoms with Crippen LogP contribution in [0.25, 0.3) is 0 Å². The second-order valence-electron chi connectivity index (χ2n) is 4.91. The van der Waals surface area contributed by atoms with Crippen LogP contribution in [0.4, 0.5) is 5.69 Å². The summed E-state index contributed by atoms with van der Waals surface area (Å²) in [5.41, 5.74) is 2.54. The first-order valence-electron chi connectivity index (χ1n) is 7.10. The molecule has 0 aliphatic rings. The van der Waals surface area contributed by atoms with Crippen molar-refractivity contribution in [2.24, 2.45) is 5.92 Å². The van der Waals surface area contributed by atoms with Gasteiger partial charge in [-0.15, -0.1) is 0 Å². The Hall–Kier alpha value is -1.53. The molecule has 0 saturated heterocycles. The van der Waals surface area contributed by atoms with E-state index in [1.54, 1.807) is 0 Å². The SMILES string of the molecule is CCNC(C)c1ccccc1N(CC)CC(C)C#N. The molecule has 0 aromatic heterocycles. The molecule has 3 nitrogen and oxygen atoms in total. The Morgan fingerprint density at radius 1 is 1.26 bits per heavy atom. The van der Waals surface area contributed by atoms with Crippen LogP contribution in [0, 0.1) is 17.2 Å². The van der Waals surface area contributed by atoms with Crippen LogP contribution in [-0.2, 0) is 0 Å². The molecule has 1 N–H and O–H groups in total. The number of anilines is 1.